The summed E-state index contributed by atoms with van der Waals surface area (Å²) >= 11 is 9.82. The number of halogens is 2. The predicted octanol–water partition coefficient (Wildman–Crippen LogP) is 7.06. The molecule has 0 saturated heterocycles. The van der Waals surface area contributed by atoms with Gasteiger partial charge in [0.2, 0.25) is 0 Å². The average molecular weight is 469 g/mol. The van der Waals surface area contributed by atoms with Crippen molar-refractivity contribution in [3.63, 3.8) is 0 Å². The van der Waals surface area contributed by atoms with Gasteiger partial charge < -0.3 is 9.47 Å². The van der Waals surface area contributed by atoms with Crippen molar-refractivity contribution in [1.82, 2.24) is 0 Å². The van der Waals surface area contributed by atoms with Crippen molar-refractivity contribution >= 4 is 39.2 Å². The first kappa shape index (κ1) is 21.0. The number of rotatable bonds is 6. The van der Waals surface area contributed by atoms with Crippen LogP contribution >= 0.6 is 27.5 Å². The summed E-state index contributed by atoms with van der Waals surface area (Å²) in [7, 11) is 1.59. The lowest BCUT2D eigenvalue weighted by atomic mass is 10.0. The molecule has 0 unspecified atom stereocenters. The SMILES string of the molecule is COc1cc(C=C(C#N)c2ccccc2Cl)c(Br)cc1OCc1cccc(C)c1. The van der Waals surface area contributed by atoms with E-state index in [1.807, 2.05) is 55.5 Å². The van der Waals surface area contributed by atoms with E-state index in [9.17, 15) is 5.26 Å². The molecular weight excluding hydrogens is 450 g/mol. The van der Waals surface area contributed by atoms with E-state index < -0.39 is 0 Å². The highest BCUT2D eigenvalue weighted by molar-refractivity contribution is 9.10. The fourth-order valence-electron chi connectivity index (χ4n) is 2.90. The van der Waals surface area contributed by atoms with Crippen LogP contribution in [0.25, 0.3) is 11.6 Å². The summed E-state index contributed by atoms with van der Waals surface area (Å²) < 4.78 is 12.3. The number of nitriles is 1. The molecule has 146 valence electrons. The highest BCUT2D eigenvalue weighted by atomic mass is 79.9. The highest BCUT2D eigenvalue weighted by Gasteiger charge is 2.12. The molecule has 3 aromatic rings. The first-order valence-electron chi connectivity index (χ1n) is 8.94. The van der Waals surface area contributed by atoms with Crippen LogP contribution < -0.4 is 9.47 Å². The highest BCUT2D eigenvalue weighted by Crippen LogP contribution is 2.36. The van der Waals surface area contributed by atoms with E-state index in [2.05, 4.69) is 28.1 Å². The van der Waals surface area contributed by atoms with Gasteiger partial charge in [-0.15, -0.1) is 0 Å². The Hall–Kier alpha value is -2.74. The van der Waals surface area contributed by atoms with Gasteiger partial charge in [0, 0.05) is 15.1 Å². The first-order valence-corrected chi connectivity index (χ1v) is 10.1. The lowest BCUT2D eigenvalue weighted by Gasteiger charge is -2.13. The van der Waals surface area contributed by atoms with Crippen molar-refractivity contribution in [2.75, 3.05) is 7.11 Å². The van der Waals surface area contributed by atoms with Gasteiger partial charge in [-0.1, -0.05) is 75.6 Å². The van der Waals surface area contributed by atoms with Gasteiger partial charge in [-0.05, 0) is 42.3 Å². The number of methoxy groups -OCH3 is 1. The summed E-state index contributed by atoms with van der Waals surface area (Å²) in [6.07, 6.45) is 1.78. The van der Waals surface area contributed by atoms with Gasteiger partial charge in [-0.2, -0.15) is 5.26 Å². The molecule has 0 aliphatic carbocycles. The number of hydrogen-bond acceptors (Lipinski definition) is 3. The van der Waals surface area contributed by atoms with Crippen LogP contribution in [0.15, 0.2) is 65.1 Å². The average Bonchev–Trinajstić information content (AvgIpc) is 2.72. The maximum atomic E-state index is 9.62. The van der Waals surface area contributed by atoms with Gasteiger partial charge in [-0.25, -0.2) is 0 Å². The molecule has 0 spiro atoms. The monoisotopic (exact) mass is 467 g/mol. The molecule has 3 rings (SSSR count). The van der Waals surface area contributed by atoms with E-state index in [-0.39, 0.29) is 0 Å². The molecule has 3 aromatic carbocycles. The van der Waals surface area contributed by atoms with Crippen LogP contribution in [0.5, 0.6) is 11.5 Å². The lowest BCUT2D eigenvalue weighted by molar-refractivity contribution is 0.284. The number of benzene rings is 3. The minimum Gasteiger partial charge on any atom is -0.493 e. The van der Waals surface area contributed by atoms with Crippen molar-refractivity contribution in [3.8, 4) is 17.6 Å². The van der Waals surface area contributed by atoms with Gasteiger partial charge in [0.1, 0.15) is 6.61 Å². The molecule has 0 bridgehead atoms. The Bertz CT molecular complexity index is 1100. The number of hydrogen-bond donors (Lipinski definition) is 0. The number of allylic oxidation sites excluding steroid dienone is 1. The summed E-state index contributed by atoms with van der Waals surface area (Å²) in [5.74, 6) is 1.21. The molecule has 0 heterocycles. The van der Waals surface area contributed by atoms with Crippen LogP contribution in [0, 0.1) is 18.3 Å². The zero-order chi connectivity index (χ0) is 20.8. The summed E-state index contributed by atoms with van der Waals surface area (Å²) in [6, 6.07) is 21.3. The zero-order valence-electron chi connectivity index (χ0n) is 16.1. The third kappa shape index (κ3) is 5.20. The van der Waals surface area contributed by atoms with Crippen LogP contribution in [0.1, 0.15) is 22.3 Å². The van der Waals surface area contributed by atoms with Crippen LogP contribution in [0.4, 0.5) is 0 Å². The van der Waals surface area contributed by atoms with Crippen molar-refractivity contribution in [1.29, 1.82) is 5.26 Å². The van der Waals surface area contributed by atoms with E-state index in [4.69, 9.17) is 21.1 Å². The molecule has 0 saturated carbocycles. The van der Waals surface area contributed by atoms with Gasteiger partial charge in [0.05, 0.1) is 18.8 Å². The summed E-state index contributed by atoms with van der Waals surface area (Å²) in [5.41, 5.74) is 4.20. The Labute approximate surface area is 184 Å². The molecule has 0 aliphatic rings. The van der Waals surface area contributed by atoms with Crippen LogP contribution in [-0.2, 0) is 6.61 Å². The molecule has 0 atom stereocenters. The first-order chi connectivity index (χ1) is 14.0. The second kappa shape index (κ2) is 9.65. The molecule has 29 heavy (non-hydrogen) atoms. The Kier molecular flexibility index (Phi) is 6.98. The number of nitrogens with zero attached hydrogens (tertiary/aromatic N) is 1. The van der Waals surface area contributed by atoms with E-state index >= 15 is 0 Å². The largest absolute Gasteiger partial charge is 0.493 e. The van der Waals surface area contributed by atoms with Crippen LogP contribution in [0.3, 0.4) is 0 Å². The van der Waals surface area contributed by atoms with Gasteiger partial charge >= 0.3 is 0 Å². The van der Waals surface area contributed by atoms with E-state index in [0.29, 0.717) is 34.3 Å². The quantitative estimate of drug-likeness (QED) is 0.287. The normalized spacial score (nSPS) is 11.1. The Balaban J connectivity index is 1.92. The van der Waals surface area contributed by atoms with Crippen molar-refractivity contribution in [3.05, 3.63) is 92.4 Å². The molecule has 0 aromatic heterocycles. The third-order valence-corrected chi connectivity index (χ3v) is 5.36. The number of ether oxygens (including phenoxy) is 2. The lowest BCUT2D eigenvalue weighted by Crippen LogP contribution is -1.99. The molecule has 3 nitrogen and oxygen atoms in total. The topological polar surface area (TPSA) is 42.2 Å². The second-order valence-corrected chi connectivity index (χ2v) is 7.71. The fourth-order valence-corrected chi connectivity index (χ4v) is 3.58. The maximum absolute atomic E-state index is 9.62. The second-order valence-electron chi connectivity index (χ2n) is 6.45. The Morgan fingerprint density at radius 2 is 1.90 bits per heavy atom. The zero-order valence-corrected chi connectivity index (χ0v) is 18.4. The molecule has 0 fully saturated rings. The van der Waals surface area contributed by atoms with Crippen molar-refractivity contribution in [2.45, 2.75) is 13.5 Å². The van der Waals surface area contributed by atoms with Gasteiger partial charge in [-0.3, -0.25) is 0 Å². The molecule has 0 radical (unpaired) electrons. The van der Waals surface area contributed by atoms with Crippen molar-refractivity contribution in [2.24, 2.45) is 0 Å². The van der Waals surface area contributed by atoms with Crippen molar-refractivity contribution < 1.29 is 9.47 Å². The Morgan fingerprint density at radius 1 is 1.10 bits per heavy atom. The number of aryl methyl sites for hydroxylation is 1. The Morgan fingerprint density at radius 3 is 2.59 bits per heavy atom. The molecule has 0 aliphatic heterocycles. The molecule has 0 amide bonds. The van der Waals surface area contributed by atoms with E-state index in [1.165, 1.54) is 5.56 Å². The van der Waals surface area contributed by atoms with Gasteiger partial charge in [0.15, 0.2) is 11.5 Å². The minimum atomic E-state index is 0.433. The van der Waals surface area contributed by atoms with E-state index in [0.717, 1.165) is 15.6 Å². The van der Waals surface area contributed by atoms with Crippen LogP contribution in [0.2, 0.25) is 5.02 Å². The summed E-state index contributed by atoms with van der Waals surface area (Å²) in [5, 5.41) is 10.2. The molecular formula is C24H19BrClNO2. The fraction of sp³-hybridized carbons (Fsp3) is 0.125. The third-order valence-electron chi connectivity index (χ3n) is 4.34. The predicted molar refractivity (Wildman–Crippen MR) is 121 cm³/mol. The smallest absolute Gasteiger partial charge is 0.162 e. The standard InChI is InChI=1S/C24H19BrClNO2/c1-16-6-5-7-17(10-16)15-29-24-13-21(25)18(12-23(24)28-2)11-19(14-27)20-8-3-4-9-22(20)26/h3-13H,15H2,1-2H3. The minimum absolute atomic E-state index is 0.433. The molecule has 5 heteroatoms. The maximum Gasteiger partial charge on any atom is 0.162 e. The van der Waals surface area contributed by atoms with Crippen LogP contribution in [-0.4, -0.2) is 7.11 Å². The summed E-state index contributed by atoms with van der Waals surface area (Å²) in [4.78, 5) is 0. The van der Waals surface area contributed by atoms with E-state index in [1.54, 1.807) is 19.3 Å². The van der Waals surface area contributed by atoms with Gasteiger partial charge in [0.25, 0.3) is 0 Å². The summed E-state index contributed by atoms with van der Waals surface area (Å²) in [6.45, 7) is 2.48. The molecule has 0 N–H and O–H groups in total.